The van der Waals surface area contributed by atoms with Crippen molar-refractivity contribution in [2.24, 2.45) is 0 Å². The van der Waals surface area contributed by atoms with Crippen LogP contribution in [0.3, 0.4) is 0 Å². The van der Waals surface area contributed by atoms with Crippen LogP contribution in [0, 0.1) is 10.1 Å². The number of carbonyl (C=O) groups is 1. The standard InChI is InChI=1S/C13H12N4O6/c1-23-9(18)4-6-5-14-10-8(17(21)22)3-2-7-11(10)16(6)13(20)12(19)15-7/h2-3,6,14H,4-5H2,1H3,(H,15,19). The second kappa shape index (κ2) is 5.23. The molecule has 1 unspecified atom stereocenters. The molecule has 1 atom stereocenters. The predicted octanol–water partition coefficient (Wildman–Crippen LogP) is 0.128. The third kappa shape index (κ3) is 2.24. The van der Waals surface area contributed by atoms with E-state index in [0.717, 1.165) is 4.57 Å². The summed E-state index contributed by atoms with van der Waals surface area (Å²) in [6, 6.07) is 1.93. The molecule has 120 valence electrons. The highest BCUT2D eigenvalue weighted by Gasteiger charge is 2.30. The van der Waals surface area contributed by atoms with Gasteiger partial charge in [-0.3, -0.25) is 29.1 Å². The summed E-state index contributed by atoms with van der Waals surface area (Å²) >= 11 is 0. The number of aromatic nitrogens is 2. The molecule has 0 bridgehead atoms. The summed E-state index contributed by atoms with van der Waals surface area (Å²) in [4.78, 5) is 48.5. The normalized spacial score (nSPS) is 16.0. The fraction of sp³-hybridized carbons (Fsp3) is 0.308. The second-order valence-corrected chi connectivity index (χ2v) is 5.06. The van der Waals surface area contributed by atoms with Gasteiger partial charge in [0.2, 0.25) is 0 Å². The van der Waals surface area contributed by atoms with Gasteiger partial charge in [0.25, 0.3) is 5.69 Å². The Morgan fingerprint density at radius 1 is 1.48 bits per heavy atom. The minimum Gasteiger partial charge on any atom is -0.469 e. The summed E-state index contributed by atoms with van der Waals surface area (Å²) in [5, 5.41) is 14.0. The smallest absolute Gasteiger partial charge is 0.317 e. The third-order valence-electron chi connectivity index (χ3n) is 3.76. The van der Waals surface area contributed by atoms with Gasteiger partial charge in [-0.05, 0) is 6.07 Å². The van der Waals surface area contributed by atoms with E-state index in [-0.39, 0.29) is 35.4 Å². The average Bonchev–Trinajstić information content (AvgIpc) is 2.52. The molecule has 1 aromatic carbocycles. The number of benzene rings is 1. The summed E-state index contributed by atoms with van der Waals surface area (Å²) in [5.41, 5.74) is -1.32. The maximum Gasteiger partial charge on any atom is 0.317 e. The van der Waals surface area contributed by atoms with Gasteiger partial charge in [-0.2, -0.15) is 0 Å². The quantitative estimate of drug-likeness (QED) is 0.355. The second-order valence-electron chi connectivity index (χ2n) is 5.06. The Labute approximate surface area is 127 Å². The molecule has 2 N–H and O–H groups in total. The van der Waals surface area contributed by atoms with Gasteiger partial charge in [0.1, 0.15) is 5.69 Å². The van der Waals surface area contributed by atoms with Crippen LogP contribution in [-0.2, 0) is 9.53 Å². The number of aromatic amines is 1. The topological polar surface area (TPSA) is 136 Å². The van der Waals surface area contributed by atoms with Crippen molar-refractivity contribution in [3.63, 3.8) is 0 Å². The van der Waals surface area contributed by atoms with E-state index in [4.69, 9.17) is 0 Å². The van der Waals surface area contributed by atoms with Crippen molar-refractivity contribution in [3.05, 3.63) is 43.0 Å². The van der Waals surface area contributed by atoms with Gasteiger partial charge >= 0.3 is 17.1 Å². The first-order chi connectivity index (χ1) is 10.9. The van der Waals surface area contributed by atoms with Crippen molar-refractivity contribution in [1.29, 1.82) is 0 Å². The molecule has 0 saturated heterocycles. The molecule has 0 saturated carbocycles. The highest BCUT2D eigenvalue weighted by molar-refractivity contribution is 5.94. The summed E-state index contributed by atoms with van der Waals surface area (Å²) in [7, 11) is 1.22. The zero-order chi connectivity index (χ0) is 16.7. The Balaban J connectivity index is 2.35. The fourth-order valence-corrected chi connectivity index (χ4v) is 2.74. The number of nitro groups is 1. The Morgan fingerprint density at radius 3 is 2.87 bits per heavy atom. The minimum absolute atomic E-state index is 0.0887. The van der Waals surface area contributed by atoms with Crippen LogP contribution in [0.25, 0.3) is 11.0 Å². The van der Waals surface area contributed by atoms with Crippen LogP contribution in [0.15, 0.2) is 21.7 Å². The van der Waals surface area contributed by atoms with E-state index in [0.29, 0.717) is 0 Å². The Bertz CT molecular complexity index is 944. The maximum atomic E-state index is 12.2. The number of nitrogens with one attached hydrogen (secondary N) is 2. The van der Waals surface area contributed by atoms with Gasteiger partial charge in [0, 0.05) is 12.6 Å². The molecular weight excluding hydrogens is 308 g/mol. The minimum atomic E-state index is -0.866. The van der Waals surface area contributed by atoms with Gasteiger partial charge in [0.15, 0.2) is 0 Å². The largest absolute Gasteiger partial charge is 0.469 e. The number of hydrogen-bond donors (Lipinski definition) is 2. The average molecular weight is 320 g/mol. The summed E-state index contributed by atoms with van der Waals surface area (Å²) in [6.07, 6.45) is -0.135. The van der Waals surface area contributed by atoms with Crippen LogP contribution in [0.4, 0.5) is 11.4 Å². The van der Waals surface area contributed by atoms with E-state index in [2.05, 4.69) is 15.0 Å². The number of rotatable bonds is 3. The molecule has 2 heterocycles. The Kier molecular flexibility index (Phi) is 3.36. The molecule has 0 radical (unpaired) electrons. The van der Waals surface area contributed by atoms with Crippen LogP contribution in [0.2, 0.25) is 0 Å². The molecule has 0 fully saturated rings. The summed E-state index contributed by atoms with van der Waals surface area (Å²) < 4.78 is 5.72. The monoisotopic (exact) mass is 320 g/mol. The van der Waals surface area contributed by atoms with Gasteiger partial charge in [-0.15, -0.1) is 0 Å². The first kappa shape index (κ1) is 14.8. The van der Waals surface area contributed by atoms with E-state index < -0.39 is 28.1 Å². The molecule has 1 aliphatic heterocycles. The van der Waals surface area contributed by atoms with Gasteiger partial charge in [-0.25, -0.2) is 0 Å². The van der Waals surface area contributed by atoms with Crippen LogP contribution < -0.4 is 16.4 Å². The molecule has 10 nitrogen and oxygen atoms in total. The van der Waals surface area contributed by atoms with Crippen molar-refractivity contribution in [2.75, 3.05) is 19.0 Å². The van der Waals surface area contributed by atoms with Crippen molar-refractivity contribution >= 4 is 28.4 Å². The lowest BCUT2D eigenvalue weighted by Gasteiger charge is -2.27. The van der Waals surface area contributed by atoms with Crippen molar-refractivity contribution in [1.82, 2.24) is 9.55 Å². The number of esters is 1. The fourth-order valence-electron chi connectivity index (χ4n) is 2.74. The molecule has 10 heteroatoms. The SMILES string of the molecule is COC(=O)CC1CNc2c([N+](=O)[O-])ccc3[nH]c(=O)c(=O)n1c23. The van der Waals surface area contributed by atoms with Crippen molar-refractivity contribution in [2.45, 2.75) is 12.5 Å². The van der Waals surface area contributed by atoms with Crippen molar-refractivity contribution in [3.8, 4) is 0 Å². The Hall–Kier alpha value is -3.17. The number of methoxy groups -OCH3 is 1. The molecule has 3 rings (SSSR count). The van der Waals surface area contributed by atoms with Crippen LogP contribution in [0.1, 0.15) is 12.5 Å². The first-order valence-electron chi connectivity index (χ1n) is 6.70. The number of anilines is 1. The van der Waals surface area contributed by atoms with Crippen LogP contribution in [-0.4, -0.2) is 34.1 Å². The van der Waals surface area contributed by atoms with E-state index in [9.17, 15) is 24.5 Å². The predicted molar refractivity (Wildman–Crippen MR) is 79.6 cm³/mol. The van der Waals surface area contributed by atoms with Crippen molar-refractivity contribution < 1.29 is 14.5 Å². The van der Waals surface area contributed by atoms with Crippen LogP contribution >= 0.6 is 0 Å². The highest BCUT2D eigenvalue weighted by Crippen LogP contribution is 2.36. The number of ether oxygens (including phenoxy) is 1. The lowest BCUT2D eigenvalue weighted by atomic mass is 10.1. The third-order valence-corrected chi connectivity index (χ3v) is 3.76. The zero-order valence-corrected chi connectivity index (χ0v) is 12.0. The molecular formula is C13H12N4O6. The number of hydrogen-bond acceptors (Lipinski definition) is 7. The van der Waals surface area contributed by atoms with Crippen LogP contribution in [0.5, 0.6) is 0 Å². The van der Waals surface area contributed by atoms with E-state index >= 15 is 0 Å². The van der Waals surface area contributed by atoms with Gasteiger partial charge < -0.3 is 15.0 Å². The lowest BCUT2D eigenvalue weighted by Crippen LogP contribution is -2.43. The van der Waals surface area contributed by atoms with Gasteiger partial charge in [-0.1, -0.05) is 0 Å². The molecule has 0 aliphatic carbocycles. The van der Waals surface area contributed by atoms with Gasteiger partial charge in [0.05, 0.1) is 35.5 Å². The summed E-state index contributed by atoms with van der Waals surface area (Å²) in [5.74, 6) is -0.550. The lowest BCUT2D eigenvalue weighted by molar-refractivity contribution is -0.383. The number of carbonyl (C=O) groups excluding carboxylic acids is 1. The molecule has 0 amide bonds. The zero-order valence-electron chi connectivity index (χ0n) is 12.0. The maximum absolute atomic E-state index is 12.2. The van der Waals surface area contributed by atoms with E-state index in [1.807, 2.05) is 0 Å². The Morgan fingerprint density at radius 2 is 2.22 bits per heavy atom. The molecule has 1 aromatic heterocycles. The molecule has 23 heavy (non-hydrogen) atoms. The number of nitrogens with zero attached hydrogens (tertiary/aromatic N) is 2. The molecule has 1 aliphatic rings. The van der Waals surface area contributed by atoms with E-state index in [1.165, 1.54) is 19.2 Å². The highest BCUT2D eigenvalue weighted by atomic mass is 16.6. The number of H-pyrrole nitrogens is 1. The molecule has 2 aromatic rings. The molecule has 0 spiro atoms. The summed E-state index contributed by atoms with van der Waals surface area (Å²) in [6.45, 7) is 0.0887. The number of nitro benzene ring substituents is 1. The first-order valence-corrected chi connectivity index (χ1v) is 6.70. The van der Waals surface area contributed by atoms with E-state index in [1.54, 1.807) is 0 Å².